The number of likely N-dealkylation sites (tertiary alicyclic amines) is 1. The summed E-state index contributed by atoms with van der Waals surface area (Å²) in [5, 5.41) is 9.25. The molecule has 1 saturated heterocycles. The molecular formula is C18H22N2O5. The standard InChI is InChI=1S/C18H22N2O5/c1-18(2,3)25-17(23)20-9-7-11(8-10-20)15-19-14-12(16(21)22)5-4-6-13(14)24-15/h4-6,11H,7-10H2,1-3H3,(H,21,22). The minimum absolute atomic E-state index is 0.0627. The minimum atomic E-state index is -1.02. The summed E-state index contributed by atoms with van der Waals surface area (Å²) >= 11 is 0. The number of fused-ring (bicyclic) bond motifs is 1. The number of amides is 1. The number of nitrogens with zero attached hydrogens (tertiary/aromatic N) is 2. The van der Waals surface area contributed by atoms with E-state index in [0.717, 1.165) is 0 Å². The summed E-state index contributed by atoms with van der Waals surface area (Å²) in [5.41, 5.74) is 0.476. The van der Waals surface area contributed by atoms with E-state index < -0.39 is 11.6 Å². The average Bonchev–Trinajstić information content (AvgIpc) is 2.97. The number of aromatic carboxylic acids is 1. The molecule has 7 heteroatoms. The largest absolute Gasteiger partial charge is 0.478 e. The summed E-state index contributed by atoms with van der Waals surface area (Å²) in [7, 11) is 0. The predicted molar refractivity (Wildman–Crippen MR) is 90.8 cm³/mol. The first-order valence-electron chi connectivity index (χ1n) is 8.35. The van der Waals surface area contributed by atoms with Crippen molar-refractivity contribution in [3.63, 3.8) is 0 Å². The van der Waals surface area contributed by atoms with Crippen LogP contribution in [0.15, 0.2) is 22.6 Å². The smallest absolute Gasteiger partial charge is 0.410 e. The van der Waals surface area contributed by atoms with Gasteiger partial charge in [-0.25, -0.2) is 14.6 Å². The van der Waals surface area contributed by atoms with E-state index in [9.17, 15) is 14.7 Å². The first kappa shape index (κ1) is 17.3. The molecule has 1 aliphatic rings. The van der Waals surface area contributed by atoms with Gasteiger partial charge in [0.1, 0.15) is 11.1 Å². The fraction of sp³-hybridized carbons (Fsp3) is 0.500. The number of hydrogen-bond donors (Lipinski definition) is 1. The monoisotopic (exact) mass is 346 g/mol. The summed E-state index contributed by atoms with van der Waals surface area (Å²) < 4.78 is 11.2. The molecule has 7 nitrogen and oxygen atoms in total. The van der Waals surface area contributed by atoms with Gasteiger partial charge in [-0.3, -0.25) is 0 Å². The van der Waals surface area contributed by atoms with Crippen LogP contribution in [0.3, 0.4) is 0 Å². The van der Waals surface area contributed by atoms with Crippen molar-refractivity contribution in [2.24, 2.45) is 0 Å². The van der Waals surface area contributed by atoms with Gasteiger partial charge in [0.2, 0.25) is 0 Å². The van der Waals surface area contributed by atoms with Gasteiger partial charge in [0, 0.05) is 19.0 Å². The van der Waals surface area contributed by atoms with Crippen molar-refractivity contribution < 1.29 is 23.8 Å². The Morgan fingerprint density at radius 3 is 2.56 bits per heavy atom. The number of carbonyl (C=O) groups excluding carboxylic acids is 1. The van der Waals surface area contributed by atoms with Crippen LogP contribution in [-0.4, -0.2) is 45.7 Å². The molecule has 0 spiro atoms. The van der Waals surface area contributed by atoms with Crippen LogP contribution in [0.2, 0.25) is 0 Å². The van der Waals surface area contributed by atoms with Gasteiger partial charge >= 0.3 is 12.1 Å². The van der Waals surface area contributed by atoms with Crippen molar-refractivity contribution in [3.05, 3.63) is 29.7 Å². The second-order valence-electron chi connectivity index (χ2n) is 7.25. The summed E-state index contributed by atoms with van der Waals surface area (Å²) in [4.78, 5) is 29.5. The molecule has 25 heavy (non-hydrogen) atoms. The Hall–Kier alpha value is -2.57. The van der Waals surface area contributed by atoms with Gasteiger partial charge in [-0.15, -0.1) is 0 Å². The van der Waals surface area contributed by atoms with E-state index in [1.54, 1.807) is 17.0 Å². The van der Waals surface area contributed by atoms with Crippen molar-refractivity contribution in [2.45, 2.75) is 45.1 Å². The van der Waals surface area contributed by atoms with Gasteiger partial charge in [0.25, 0.3) is 0 Å². The second-order valence-corrected chi connectivity index (χ2v) is 7.25. The Kier molecular flexibility index (Phi) is 4.41. The first-order chi connectivity index (χ1) is 11.7. The van der Waals surface area contributed by atoms with Gasteiger partial charge in [-0.1, -0.05) is 6.07 Å². The van der Waals surface area contributed by atoms with E-state index in [1.165, 1.54) is 6.07 Å². The molecule has 1 fully saturated rings. The van der Waals surface area contributed by atoms with Crippen molar-refractivity contribution in [3.8, 4) is 0 Å². The molecule has 0 atom stereocenters. The minimum Gasteiger partial charge on any atom is -0.478 e. The molecule has 1 N–H and O–H groups in total. The Bertz CT molecular complexity index is 797. The van der Waals surface area contributed by atoms with E-state index >= 15 is 0 Å². The lowest BCUT2D eigenvalue weighted by atomic mass is 9.97. The van der Waals surface area contributed by atoms with Crippen molar-refractivity contribution in [1.82, 2.24) is 9.88 Å². The number of rotatable bonds is 2. The Morgan fingerprint density at radius 1 is 1.28 bits per heavy atom. The third kappa shape index (κ3) is 3.75. The SMILES string of the molecule is CC(C)(C)OC(=O)N1CCC(c2nc3c(C(=O)O)cccc3o2)CC1. The summed E-state index contributed by atoms with van der Waals surface area (Å²) in [5.74, 6) is -0.425. The fourth-order valence-corrected chi connectivity index (χ4v) is 2.95. The number of aromatic nitrogens is 1. The lowest BCUT2D eigenvalue weighted by Crippen LogP contribution is -2.41. The molecule has 1 aromatic heterocycles. The highest BCUT2D eigenvalue weighted by molar-refractivity contribution is 6.00. The molecule has 0 bridgehead atoms. The number of piperidine rings is 1. The fourth-order valence-electron chi connectivity index (χ4n) is 2.95. The highest BCUT2D eigenvalue weighted by Gasteiger charge is 2.30. The number of benzene rings is 1. The molecule has 134 valence electrons. The molecule has 1 amide bonds. The Morgan fingerprint density at radius 2 is 1.96 bits per heavy atom. The summed E-state index contributed by atoms with van der Waals surface area (Å²) in [6, 6.07) is 4.88. The lowest BCUT2D eigenvalue weighted by molar-refractivity contribution is 0.0199. The number of para-hydroxylation sites is 1. The van der Waals surface area contributed by atoms with Gasteiger partial charge in [-0.2, -0.15) is 0 Å². The van der Waals surface area contributed by atoms with Crippen molar-refractivity contribution in [1.29, 1.82) is 0 Å². The second kappa shape index (κ2) is 6.38. The van der Waals surface area contributed by atoms with Gasteiger partial charge in [0.05, 0.1) is 5.56 Å². The molecule has 2 heterocycles. The van der Waals surface area contributed by atoms with Crippen molar-refractivity contribution >= 4 is 23.2 Å². The molecule has 0 radical (unpaired) electrons. The van der Waals surface area contributed by atoms with Crippen LogP contribution < -0.4 is 0 Å². The third-order valence-corrected chi connectivity index (χ3v) is 4.16. The van der Waals surface area contributed by atoms with Crippen molar-refractivity contribution in [2.75, 3.05) is 13.1 Å². The quantitative estimate of drug-likeness (QED) is 0.892. The summed E-state index contributed by atoms with van der Waals surface area (Å²) in [6.07, 6.45) is 1.10. The van der Waals surface area contributed by atoms with Crippen LogP contribution in [0.4, 0.5) is 4.79 Å². The molecule has 2 aromatic rings. The maximum Gasteiger partial charge on any atom is 0.410 e. The molecule has 0 saturated carbocycles. The van der Waals surface area contributed by atoms with E-state index in [4.69, 9.17) is 9.15 Å². The van der Waals surface area contributed by atoms with Crippen LogP contribution in [0, 0.1) is 0 Å². The van der Waals surface area contributed by atoms with Gasteiger partial charge in [-0.05, 0) is 45.7 Å². The van der Waals surface area contributed by atoms with Crippen LogP contribution in [0.5, 0.6) is 0 Å². The Balaban J connectivity index is 1.71. The van der Waals surface area contributed by atoms with Crippen LogP contribution in [-0.2, 0) is 4.74 Å². The highest BCUT2D eigenvalue weighted by Crippen LogP contribution is 2.31. The van der Waals surface area contributed by atoms with Gasteiger partial charge < -0.3 is 19.2 Å². The molecule has 0 unspecified atom stereocenters. The zero-order chi connectivity index (χ0) is 18.2. The molecular weight excluding hydrogens is 324 g/mol. The number of carboxylic acid groups (broad SMARTS) is 1. The lowest BCUT2D eigenvalue weighted by Gasteiger charge is -2.32. The molecule has 0 aliphatic carbocycles. The molecule has 1 aliphatic heterocycles. The zero-order valence-corrected chi connectivity index (χ0v) is 14.6. The number of hydrogen-bond acceptors (Lipinski definition) is 5. The van der Waals surface area contributed by atoms with Crippen LogP contribution in [0.25, 0.3) is 11.1 Å². The average molecular weight is 346 g/mol. The van der Waals surface area contributed by atoms with E-state index in [2.05, 4.69) is 4.98 Å². The number of ether oxygens (including phenoxy) is 1. The Labute approximate surface area is 145 Å². The summed E-state index contributed by atoms with van der Waals surface area (Å²) in [6.45, 7) is 6.65. The number of carbonyl (C=O) groups is 2. The van der Waals surface area contributed by atoms with E-state index in [1.807, 2.05) is 20.8 Å². The zero-order valence-electron chi connectivity index (χ0n) is 14.6. The predicted octanol–water partition coefficient (Wildman–Crippen LogP) is 3.64. The normalized spacial score (nSPS) is 16.2. The maximum atomic E-state index is 12.1. The first-order valence-corrected chi connectivity index (χ1v) is 8.35. The maximum absolute atomic E-state index is 12.1. The number of carboxylic acids is 1. The van der Waals surface area contributed by atoms with Gasteiger partial charge in [0.15, 0.2) is 11.5 Å². The van der Waals surface area contributed by atoms with Crippen LogP contribution >= 0.6 is 0 Å². The van der Waals surface area contributed by atoms with Crippen LogP contribution in [0.1, 0.15) is 55.8 Å². The molecule has 3 rings (SSSR count). The van der Waals surface area contributed by atoms with E-state index in [-0.39, 0.29) is 17.6 Å². The number of oxazole rings is 1. The van der Waals surface area contributed by atoms with E-state index in [0.29, 0.717) is 42.9 Å². The highest BCUT2D eigenvalue weighted by atomic mass is 16.6. The molecule has 1 aromatic carbocycles. The third-order valence-electron chi connectivity index (χ3n) is 4.16. The topological polar surface area (TPSA) is 92.9 Å².